The van der Waals surface area contributed by atoms with Gasteiger partial charge >= 0.3 is 0 Å². The third-order valence-corrected chi connectivity index (χ3v) is 4.67. The van der Waals surface area contributed by atoms with Gasteiger partial charge in [0.05, 0.1) is 11.5 Å². The molecule has 1 aliphatic heterocycles. The number of nitrogens with one attached hydrogen (secondary N) is 2. The molecule has 0 bridgehead atoms. The molecule has 2 heterocycles. The summed E-state index contributed by atoms with van der Waals surface area (Å²) in [6.07, 6.45) is 1.90. The van der Waals surface area contributed by atoms with E-state index in [1.54, 1.807) is 0 Å². The molecule has 1 atom stereocenters. The maximum absolute atomic E-state index is 11.8. The van der Waals surface area contributed by atoms with Crippen molar-refractivity contribution in [2.75, 3.05) is 11.5 Å². The van der Waals surface area contributed by atoms with Crippen LogP contribution in [0.2, 0.25) is 0 Å². The zero-order valence-electron chi connectivity index (χ0n) is 9.89. The molecular weight excluding hydrogens is 256 g/mol. The molecule has 98 valence electrons. The second-order valence-electron chi connectivity index (χ2n) is 4.43. The van der Waals surface area contributed by atoms with Crippen molar-refractivity contribution >= 4 is 21.5 Å². The summed E-state index contributed by atoms with van der Waals surface area (Å²) in [4.78, 5) is 25.6. The van der Waals surface area contributed by atoms with Crippen LogP contribution in [0.25, 0.3) is 0 Å². The summed E-state index contributed by atoms with van der Waals surface area (Å²) >= 11 is 0. The number of hydrogen-bond acceptors (Lipinski definition) is 4. The lowest BCUT2D eigenvalue weighted by atomic mass is 10.2. The fourth-order valence-electron chi connectivity index (χ4n) is 1.90. The minimum absolute atomic E-state index is 0.0149. The Bertz CT molecular complexity index is 588. The standard InChI is InChI=1S/C11H14N2O4S/c1-7(14)8-4-10(12-5-8)11(15)13-9-2-3-18(16,17)6-9/h4-5,9,12H,2-3,6H2,1H3,(H,13,15). The zero-order valence-corrected chi connectivity index (χ0v) is 10.7. The van der Waals surface area contributed by atoms with Crippen LogP contribution in [-0.2, 0) is 9.84 Å². The number of carbonyl (C=O) groups is 2. The van der Waals surface area contributed by atoms with Gasteiger partial charge in [0.2, 0.25) is 0 Å². The van der Waals surface area contributed by atoms with Crippen molar-refractivity contribution in [2.24, 2.45) is 0 Å². The van der Waals surface area contributed by atoms with E-state index in [9.17, 15) is 18.0 Å². The van der Waals surface area contributed by atoms with E-state index in [2.05, 4.69) is 10.3 Å². The predicted molar refractivity (Wildman–Crippen MR) is 65.3 cm³/mol. The first kappa shape index (κ1) is 12.8. The van der Waals surface area contributed by atoms with E-state index in [1.807, 2.05) is 0 Å². The molecule has 1 fully saturated rings. The van der Waals surface area contributed by atoms with Crippen LogP contribution in [-0.4, -0.2) is 42.6 Å². The summed E-state index contributed by atoms with van der Waals surface area (Å²) in [5.41, 5.74) is 0.698. The van der Waals surface area contributed by atoms with Crippen LogP contribution in [0.4, 0.5) is 0 Å². The molecule has 7 heteroatoms. The Morgan fingerprint density at radius 2 is 2.17 bits per heavy atom. The molecule has 2 rings (SSSR count). The minimum atomic E-state index is -3.01. The molecular formula is C11H14N2O4S. The van der Waals surface area contributed by atoms with Crippen LogP contribution >= 0.6 is 0 Å². The highest BCUT2D eigenvalue weighted by molar-refractivity contribution is 7.91. The number of aromatic nitrogens is 1. The van der Waals surface area contributed by atoms with Crippen molar-refractivity contribution in [1.29, 1.82) is 0 Å². The van der Waals surface area contributed by atoms with Gasteiger partial charge in [-0.2, -0.15) is 0 Å². The highest BCUT2D eigenvalue weighted by atomic mass is 32.2. The van der Waals surface area contributed by atoms with Gasteiger partial charge in [-0.05, 0) is 19.4 Å². The number of ketones is 1. The van der Waals surface area contributed by atoms with Gasteiger partial charge in [-0.25, -0.2) is 8.42 Å². The van der Waals surface area contributed by atoms with E-state index in [0.29, 0.717) is 12.0 Å². The SMILES string of the molecule is CC(=O)c1c[nH]c(C(=O)NC2CCS(=O)(=O)C2)c1. The first-order valence-corrected chi connectivity index (χ1v) is 7.40. The molecule has 0 aromatic carbocycles. The van der Waals surface area contributed by atoms with Crippen LogP contribution < -0.4 is 5.32 Å². The average Bonchev–Trinajstić information content (AvgIpc) is 2.85. The van der Waals surface area contributed by atoms with E-state index in [-0.39, 0.29) is 34.9 Å². The average molecular weight is 270 g/mol. The molecule has 0 aliphatic carbocycles. The first-order chi connectivity index (χ1) is 8.37. The van der Waals surface area contributed by atoms with Crippen LogP contribution in [0, 0.1) is 0 Å². The first-order valence-electron chi connectivity index (χ1n) is 5.58. The Kier molecular flexibility index (Phi) is 3.25. The normalized spacial score (nSPS) is 21.7. The zero-order chi connectivity index (χ0) is 13.3. The fourth-order valence-corrected chi connectivity index (χ4v) is 3.57. The molecule has 2 N–H and O–H groups in total. The number of Topliss-reactive ketones (excluding diaryl/α,β-unsaturated/α-hetero) is 1. The second-order valence-corrected chi connectivity index (χ2v) is 6.66. The molecule has 1 aromatic rings. The molecule has 1 amide bonds. The topological polar surface area (TPSA) is 96.1 Å². The quantitative estimate of drug-likeness (QED) is 0.763. The number of carbonyl (C=O) groups excluding carboxylic acids is 2. The Hall–Kier alpha value is -1.63. The van der Waals surface area contributed by atoms with Gasteiger partial charge in [-0.3, -0.25) is 9.59 Å². The fraction of sp³-hybridized carbons (Fsp3) is 0.455. The minimum Gasteiger partial charge on any atom is -0.356 e. The maximum Gasteiger partial charge on any atom is 0.267 e. The monoisotopic (exact) mass is 270 g/mol. The largest absolute Gasteiger partial charge is 0.356 e. The second kappa shape index (κ2) is 4.56. The van der Waals surface area contributed by atoms with Crippen molar-refractivity contribution in [3.05, 3.63) is 23.5 Å². The van der Waals surface area contributed by atoms with Gasteiger partial charge < -0.3 is 10.3 Å². The van der Waals surface area contributed by atoms with Gasteiger partial charge in [0, 0.05) is 17.8 Å². The van der Waals surface area contributed by atoms with Crippen molar-refractivity contribution in [3.63, 3.8) is 0 Å². The summed E-state index contributed by atoms with van der Waals surface area (Å²) in [6.45, 7) is 1.41. The number of sulfone groups is 1. The molecule has 18 heavy (non-hydrogen) atoms. The van der Waals surface area contributed by atoms with E-state index >= 15 is 0 Å². The Labute approximate surface area is 105 Å². The molecule has 0 radical (unpaired) electrons. The van der Waals surface area contributed by atoms with Gasteiger partial charge in [0.1, 0.15) is 5.69 Å². The summed E-state index contributed by atoms with van der Waals surface area (Å²) in [5, 5.41) is 2.64. The number of rotatable bonds is 3. The van der Waals surface area contributed by atoms with Crippen molar-refractivity contribution < 1.29 is 18.0 Å². The van der Waals surface area contributed by atoms with Crippen molar-refractivity contribution in [2.45, 2.75) is 19.4 Å². The van der Waals surface area contributed by atoms with Gasteiger partial charge in [0.25, 0.3) is 5.91 Å². The molecule has 1 unspecified atom stereocenters. The van der Waals surface area contributed by atoms with Crippen LogP contribution in [0.1, 0.15) is 34.2 Å². The highest BCUT2D eigenvalue weighted by Gasteiger charge is 2.29. The van der Waals surface area contributed by atoms with Crippen LogP contribution in [0.3, 0.4) is 0 Å². The number of amides is 1. The Balaban J connectivity index is 2.02. The van der Waals surface area contributed by atoms with E-state index < -0.39 is 9.84 Å². The Morgan fingerprint density at radius 1 is 1.44 bits per heavy atom. The third-order valence-electron chi connectivity index (χ3n) is 2.90. The molecule has 6 nitrogen and oxygen atoms in total. The van der Waals surface area contributed by atoms with Crippen LogP contribution in [0.5, 0.6) is 0 Å². The molecule has 1 aliphatic rings. The van der Waals surface area contributed by atoms with Gasteiger partial charge in [-0.15, -0.1) is 0 Å². The predicted octanol–water partition coefficient (Wildman–Crippen LogP) is 0.134. The van der Waals surface area contributed by atoms with Gasteiger partial charge in [-0.1, -0.05) is 0 Å². The van der Waals surface area contributed by atoms with Crippen molar-refractivity contribution in [3.8, 4) is 0 Å². The molecule has 1 aromatic heterocycles. The lowest BCUT2D eigenvalue weighted by Crippen LogP contribution is -2.35. The van der Waals surface area contributed by atoms with E-state index in [0.717, 1.165) is 0 Å². The number of hydrogen-bond donors (Lipinski definition) is 2. The lowest BCUT2D eigenvalue weighted by molar-refractivity contribution is 0.0936. The van der Waals surface area contributed by atoms with E-state index in [4.69, 9.17) is 0 Å². The van der Waals surface area contributed by atoms with Gasteiger partial charge in [0.15, 0.2) is 15.6 Å². The Morgan fingerprint density at radius 3 is 2.67 bits per heavy atom. The summed E-state index contributed by atoms with van der Waals surface area (Å²) in [6, 6.07) is 1.12. The summed E-state index contributed by atoms with van der Waals surface area (Å²) in [5.74, 6) is -0.418. The van der Waals surface area contributed by atoms with Crippen LogP contribution in [0.15, 0.2) is 12.3 Å². The smallest absolute Gasteiger partial charge is 0.267 e. The maximum atomic E-state index is 11.8. The summed E-state index contributed by atoms with van der Waals surface area (Å²) < 4.78 is 22.5. The highest BCUT2D eigenvalue weighted by Crippen LogP contribution is 2.12. The third kappa shape index (κ3) is 2.79. The lowest BCUT2D eigenvalue weighted by Gasteiger charge is -2.09. The number of aromatic amines is 1. The van der Waals surface area contributed by atoms with E-state index in [1.165, 1.54) is 19.2 Å². The molecule has 0 spiro atoms. The summed E-state index contributed by atoms with van der Waals surface area (Å²) in [7, 11) is -3.01. The number of H-pyrrole nitrogens is 1. The van der Waals surface area contributed by atoms with Crippen molar-refractivity contribution in [1.82, 2.24) is 10.3 Å². The molecule has 1 saturated heterocycles. The molecule has 0 saturated carbocycles.